The van der Waals surface area contributed by atoms with Crippen LogP contribution in [0.1, 0.15) is 29.5 Å². The van der Waals surface area contributed by atoms with Crippen molar-refractivity contribution in [3.63, 3.8) is 0 Å². The number of aromatic amines is 1. The molecule has 6 heteroatoms. The van der Waals surface area contributed by atoms with E-state index in [1.807, 2.05) is 6.07 Å². The second-order valence-electron chi connectivity index (χ2n) is 6.79. The fourth-order valence-electron chi connectivity index (χ4n) is 4.15. The highest BCUT2D eigenvalue weighted by atomic mass is 16.5. The molecule has 1 aromatic heterocycles. The second-order valence-corrected chi connectivity index (χ2v) is 6.79. The number of hydrogen-bond acceptors (Lipinski definition) is 5. The van der Waals surface area contributed by atoms with E-state index in [-0.39, 0.29) is 6.04 Å². The fraction of sp³-hybridized carbons (Fsp3) is 0.250. The molecule has 0 radical (unpaired) electrons. The van der Waals surface area contributed by atoms with Crippen molar-refractivity contribution >= 4 is 5.69 Å². The zero-order chi connectivity index (χ0) is 17.5. The molecule has 0 unspecified atom stereocenters. The van der Waals surface area contributed by atoms with Crippen LogP contribution in [0.4, 0.5) is 5.69 Å². The molecule has 26 heavy (non-hydrogen) atoms. The highest BCUT2D eigenvalue weighted by Gasteiger charge is 2.38. The first-order valence-electron chi connectivity index (χ1n) is 8.78. The zero-order valence-corrected chi connectivity index (χ0v) is 14.4. The molecule has 3 aromatic rings. The minimum Gasteiger partial charge on any atom is -0.497 e. The number of methoxy groups -OCH3 is 1. The minimum absolute atomic E-state index is 0.273. The average molecular weight is 345 g/mol. The van der Waals surface area contributed by atoms with Crippen LogP contribution in [-0.4, -0.2) is 27.7 Å². The van der Waals surface area contributed by atoms with Gasteiger partial charge in [0.25, 0.3) is 0 Å². The van der Waals surface area contributed by atoms with Gasteiger partial charge in [0.1, 0.15) is 5.75 Å². The first kappa shape index (κ1) is 15.1. The fourth-order valence-corrected chi connectivity index (χ4v) is 4.15. The van der Waals surface area contributed by atoms with Crippen LogP contribution in [0.2, 0.25) is 0 Å². The molecular formula is C20H19N5O. The normalized spacial score (nSPS) is 23.2. The molecule has 0 saturated carbocycles. The Morgan fingerprint density at radius 2 is 2.00 bits per heavy atom. The smallest absolute Gasteiger partial charge is 0.204 e. The molecule has 2 heterocycles. The van der Waals surface area contributed by atoms with Gasteiger partial charge >= 0.3 is 0 Å². The second kappa shape index (κ2) is 5.98. The Kier molecular flexibility index (Phi) is 3.48. The van der Waals surface area contributed by atoms with Crippen molar-refractivity contribution in [3.8, 4) is 17.1 Å². The van der Waals surface area contributed by atoms with Crippen LogP contribution in [-0.2, 0) is 0 Å². The highest BCUT2D eigenvalue weighted by Crippen LogP contribution is 2.50. The van der Waals surface area contributed by atoms with E-state index in [9.17, 15) is 0 Å². The van der Waals surface area contributed by atoms with Gasteiger partial charge in [-0.2, -0.15) is 5.21 Å². The third-order valence-electron chi connectivity index (χ3n) is 5.44. The Labute approximate surface area is 151 Å². The lowest BCUT2D eigenvalue weighted by molar-refractivity contribution is 0.405. The summed E-state index contributed by atoms with van der Waals surface area (Å²) in [5, 5.41) is 18.0. The molecule has 5 rings (SSSR count). The number of nitrogens with one attached hydrogen (secondary N) is 2. The Morgan fingerprint density at radius 3 is 2.77 bits per heavy atom. The summed E-state index contributed by atoms with van der Waals surface area (Å²) < 4.78 is 5.42. The predicted octanol–water partition coefficient (Wildman–Crippen LogP) is 3.70. The summed E-state index contributed by atoms with van der Waals surface area (Å²) in [7, 11) is 1.72. The topological polar surface area (TPSA) is 75.7 Å². The summed E-state index contributed by atoms with van der Waals surface area (Å²) in [5.74, 6) is 2.45. The number of tetrazole rings is 1. The molecular weight excluding hydrogens is 326 g/mol. The third kappa shape index (κ3) is 2.37. The number of H-pyrrole nitrogens is 1. The molecule has 6 nitrogen and oxygen atoms in total. The lowest BCUT2D eigenvalue weighted by Crippen LogP contribution is -2.29. The van der Waals surface area contributed by atoms with E-state index in [0.717, 1.165) is 17.7 Å². The Balaban J connectivity index is 1.50. The van der Waals surface area contributed by atoms with Gasteiger partial charge in [0, 0.05) is 17.2 Å². The van der Waals surface area contributed by atoms with Gasteiger partial charge in [0.05, 0.1) is 13.2 Å². The van der Waals surface area contributed by atoms with E-state index >= 15 is 0 Å². The first-order chi connectivity index (χ1) is 12.8. The maximum atomic E-state index is 5.42. The van der Waals surface area contributed by atoms with Gasteiger partial charge in [0.2, 0.25) is 5.82 Å². The van der Waals surface area contributed by atoms with Gasteiger partial charge in [-0.25, -0.2) is 0 Å². The molecule has 0 spiro atoms. The Bertz CT molecular complexity index is 949. The predicted molar refractivity (Wildman–Crippen MR) is 99.0 cm³/mol. The van der Waals surface area contributed by atoms with Gasteiger partial charge < -0.3 is 10.1 Å². The van der Waals surface area contributed by atoms with E-state index in [0.29, 0.717) is 17.7 Å². The molecule has 2 aromatic carbocycles. The van der Waals surface area contributed by atoms with Crippen LogP contribution in [0.5, 0.6) is 5.75 Å². The Hall–Kier alpha value is -3.15. The summed E-state index contributed by atoms with van der Waals surface area (Å²) in [6.07, 6.45) is 5.71. The number of hydrogen-bond donors (Lipinski definition) is 2. The SMILES string of the molecule is COc1ccc2c(c1)[C@@H]1C=CC[C@@H]1[C@H](c1ccc(-c3nn[nH]n3)cc1)N2. The summed E-state index contributed by atoms with van der Waals surface area (Å²) in [6, 6.07) is 15.0. The number of rotatable bonds is 3. The quantitative estimate of drug-likeness (QED) is 0.708. The number of benzene rings is 2. The van der Waals surface area contributed by atoms with Crippen LogP contribution in [0.25, 0.3) is 11.4 Å². The summed E-state index contributed by atoms with van der Waals surface area (Å²) in [4.78, 5) is 0. The monoisotopic (exact) mass is 345 g/mol. The molecule has 0 bridgehead atoms. The Morgan fingerprint density at radius 1 is 1.12 bits per heavy atom. The molecule has 1 aliphatic carbocycles. The maximum absolute atomic E-state index is 5.42. The molecule has 130 valence electrons. The van der Waals surface area contributed by atoms with Crippen molar-refractivity contribution in [3.05, 3.63) is 65.7 Å². The lowest BCUT2D eigenvalue weighted by Gasteiger charge is -2.37. The lowest BCUT2D eigenvalue weighted by atomic mass is 9.77. The number of ether oxygens (including phenoxy) is 1. The standard InChI is InChI=1S/C20H19N5O/c1-26-14-9-10-18-17(11-14)15-3-2-4-16(15)19(21-18)12-5-7-13(8-6-12)20-22-24-25-23-20/h2-3,5-11,15-16,19,21H,4H2,1H3,(H,22,23,24,25)/t15-,16+,19+/m1/s1. The van der Waals surface area contributed by atoms with Crippen molar-refractivity contribution in [2.24, 2.45) is 5.92 Å². The zero-order valence-electron chi connectivity index (χ0n) is 14.4. The van der Waals surface area contributed by atoms with Gasteiger partial charge in [-0.3, -0.25) is 0 Å². The van der Waals surface area contributed by atoms with E-state index in [4.69, 9.17) is 4.74 Å². The average Bonchev–Trinajstić information content (AvgIpc) is 3.39. The van der Waals surface area contributed by atoms with Gasteiger partial charge in [-0.15, -0.1) is 10.2 Å². The summed E-state index contributed by atoms with van der Waals surface area (Å²) in [6.45, 7) is 0. The van der Waals surface area contributed by atoms with E-state index in [1.54, 1.807) is 7.11 Å². The van der Waals surface area contributed by atoms with E-state index in [2.05, 4.69) is 74.5 Å². The number of allylic oxidation sites excluding steroid dienone is 2. The van der Waals surface area contributed by atoms with Crippen LogP contribution in [0.15, 0.2) is 54.6 Å². The van der Waals surface area contributed by atoms with E-state index in [1.165, 1.54) is 16.8 Å². The van der Waals surface area contributed by atoms with Crippen LogP contribution in [0, 0.1) is 5.92 Å². The van der Waals surface area contributed by atoms with Crippen molar-refractivity contribution in [2.45, 2.75) is 18.4 Å². The van der Waals surface area contributed by atoms with Crippen molar-refractivity contribution in [2.75, 3.05) is 12.4 Å². The van der Waals surface area contributed by atoms with Gasteiger partial charge in [0.15, 0.2) is 0 Å². The maximum Gasteiger partial charge on any atom is 0.204 e. The first-order valence-corrected chi connectivity index (χ1v) is 8.78. The number of anilines is 1. The summed E-state index contributed by atoms with van der Waals surface area (Å²) >= 11 is 0. The molecule has 0 saturated heterocycles. The molecule has 0 amide bonds. The van der Waals surface area contributed by atoms with Crippen LogP contribution in [0.3, 0.4) is 0 Å². The van der Waals surface area contributed by atoms with Crippen molar-refractivity contribution < 1.29 is 4.74 Å². The van der Waals surface area contributed by atoms with E-state index < -0.39 is 0 Å². The number of nitrogens with zero attached hydrogens (tertiary/aromatic N) is 3. The summed E-state index contributed by atoms with van der Waals surface area (Å²) in [5.41, 5.74) is 4.75. The van der Waals surface area contributed by atoms with Crippen molar-refractivity contribution in [1.29, 1.82) is 0 Å². The third-order valence-corrected chi connectivity index (χ3v) is 5.44. The van der Waals surface area contributed by atoms with Crippen LogP contribution < -0.4 is 10.1 Å². The van der Waals surface area contributed by atoms with Gasteiger partial charge in [-0.05, 0) is 46.9 Å². The van der Waals surface area contributed by atoms with Crippen LogP contribution >= 0.6 is 0 Å². The molecule has 3 atom stereocenters. The number of fused-ring (bicyclic) bond motifs is 3. The highest BCUT2D eigenvalue weighted by molar-refractivity contribution is 5.62. The molecule has 1 aliphatic heterocycles. The number of aromatic nitrogens is 4. The minimum atomic E-state index is 0.273. The van der Waals surface area contributed by atoms with Crippen molar-refractivity contribution in [1.82, 2.24) is 20.6 Å². The largest absolute Gasteiger partial charge is 0.497 e. The molecule has 2 aliphatic rings. The molecule has 0 fully saturated rings. The van der Waals surface area contributed by atoms with Gasteiger partial charge in [-0.1, -0.05) is 36.4 Å². The molecule has 2 N–H and O–H groups in total.